The van der Waals surface area contributed by atoms with Crippen LogP contribution in [-0.4, -0.2) is 5.78 Å². The summed E-state index contributed by atoms with van der Waals surface area (Å²) in [5, 5.41) is 0. The second-order valence-electron chi connectivity index (χ2n) is 5.97. The van der Waals surface area contributed by atoms with E-state index >= 15 is 0 Å². The van der Waals surface area contributed by atoms with Crippen LogP contribution in [0.4, 0.5) is 0 Å². The van der Waals surface area contributed by atoms with E-state index in [1.807, 2.05) is 42.5 Å². The molecule has 1 atom stereocenters. The average Bonchev–Trinajstić information content (AvgIpc) is 2.53. The molecule has 1 unspecified atom stereocenters. The first-order chi connectivity index (χ1) is 10.6. The summed E-state index contributed by atoms with van der Waals surface area (Å²) in [4.78, 5) is 12.4. The number of carbonyl (C=O) groups excluding carboxylic acids is 1. The van der Waals surface area contributed by atoms with Crippen LogP contribution >= 0.6 is 0 Å². The highest BCUT2D eigenvalue weighted by molar-refractivity contribution is 5.97. The van der Waals surface area contributed by atoms with E-state index in [0.717, 1.165) is 28.2 Å². The molecule has 1 heterocycles. The molecule has 0 amide bonds. The van der Waals surface area contributed by atoms with Gasteiger partial charge in [-0.25, -0.2) is 0 Å². The highest BCUT2D eigenvalue weighted by Crippen LogP contribution is 2.44. The van der Waals surface area contributed by atoms with Gasteiger partial charge in [0.15, 0.2) is 5.78 Å². The number of allylic oxidation sites excluding steroid dienone is 2. The first kappa shape index (κ1) is 14.6. The van der Waals surface area contributed by atoms with Crippen molar-refractivity contribution in [1.82, 2.24) is 0 Å². The summed E-state index contributed by atoms with van der Waals surface area (Å²) in [6.07, 6.45) is 0. The summed E-state index contributed by atoms with van der Waals surface area (Å²) < 4.78 is 6.08. The second kappa shape index (κ2) is 5.80. The molecule has 0 saturated heterocycles. The van der Waals surface area contributed by atoms with Gasteiger partial charge in [-0.3, -0.25) is 4.79 Å². The number of fused-ring (bicyclic) bond motifs is 1. The molecular formula is C20H20O2. The van der Waals surface area contributed by atoms with Crippen LogP contribution < -0.4 is 4.74 Å². The Hall–Kier alpha value is -2.35. The summed E-state index contributed by atoms with van der Waals surface area (Å²) in [5.41, 5.74) is 2.96. The van der Waals surface area contributed by atoms with Crippen LogP contribution in [0, 0.1) is 5.92 Å². The summed E-state index contributed by atoms with van der Waals surface area (Å²) in [7, 11) is 0. The zero-order valence-electron chi connectivity index (χ0n) is 13.2. The van der Waals surface area contributed by atoms with Crippen molar-refractivity contribution in [2.75, 3.05) is 0 Å². The number of Topliss-reactive ketones (excluding diaryl/α,β-unsaturated/α-hetero) is 1. The molecule has 0 aliphatic carbocycles. The lowest BCUT2D eigenvalue weighted by Crippen LogP contribution is -2.23. The van der Waals surface area contributed by atoms with Gasteiger partial charge >= 0.3 is 0 Å². The van der Waals surface area contributed by atoms with E-state index in [1.54, 1.807) is 6.92 Å². The number of hydrogen-bond acceptors (Lipinski definition) is 2. The maximum Gasteiger partial charge on any atom is 0.160 e. The van der Waals surface area contributed by atoms with E-state index in [1.165, 1.54) is 0 Å². The Morgan fingerprint density at radius 1 is 1.00 bits per heavy atom. The van der Waals surface area contributed by atoms with Crippen molar-refractivity contribution < 1.29 is 9.53 Å². The Morgan fingerprint density at radius 3 is 2.27 bits per heavy atom. The Bertz CT molecular complexity index is 726. The molecule has 0 radical (unpaired) electrons. The topological polar surface area (TPSA) is 26.3 Å². The Morgan fingerprint density at radius 2 is 1.64 bits per heavy atom. The number of hydrogen-bond donors (Lipinski definition) is 0. The number of ketones is 1. The van der Waals surface area contributed by atoms with Crippen LogP contribution in [0.25, 0.3) is 0 Å². The average molecular weight is 292 g/mol. The van der Waals surface area contributed by atoms with Crippen LogP contribution in [-0.2, 0) is 4.79 Å². The summed E-state index contributed by atoms with van der Waals surface area (Å²) in [5.74, 6) is 1.83. The molecule has 0 bridgehead atoms. The van der Waals surface area contributed by atoms with Crippen molar-refractivity contribution in [2.45, 2.75) is 26.7 Å². The van der Waals surface area contributed by atoms with E-state index in [9.17, 15) is 4.79 Å². The lowest BCUT2D eigenvalue weighted by atomic mass is 9.79. The van der Waals surface area contributed by atoms with Crippen molar-refractivity contribution in [3.8, 4) is 5.75 Å². The smallest absolute Gasteiger partial charge is 0.160 e. The van der Waals surface area contributed by atoms with Gasteiger partial charge in [0.2, 0.25) is 0 Å². The van der Waals surface area contributed by atoms with E-state index in [4.69, 9.17) is 4.74 Å². The number of benzene rings is 2. The maximum atomic E-state index is 12.4. The molecule has 0 aromatic heterocycles. The molecule has 2 aromatic rings. The summed E-state index contributed by atoms with van der Waals surface area (Å²) in [6.45, 7) is 5.76. The van der Waals surface area contributed by atoms with Crippen LogP contribution in [0.5, 0.6) is 5.75 Å². The van der Waals surface area contributed by atoms with Gasteiger partial charge in [-0.1, -0.05) is 62.4 Å². The van der Waals surface area contributed by atoms with E-state index in [2.05, 4.69) is 26.0 Å². The quantitative estimate of drug-likeness (QED) is 0.819. The predicted octanol–water partition coefficient (Wildman–Crippen LogP) is 4.71. The lowest BCUT2D eigenvalue weighted by molar-refractivity contribution is -0.114. The van der Waals surface area contributed by atoms with E-state index in [-0.39, 0.29) is 17.6 Å². The molecule has 3 rings (SSSR count). The van der Waals surface area contributed by atoms with Crippen molar-refractivity contribution >= 4 is 5.78 Å². The van der Waals surface area contributed by atoms with Crippen molar-refractivity contribution in [1.29, 1.82) is 0 Å². The molecule has 0 spiro atoms. The van der Waals surface area contributed by atoms with Gasteiger partial charge in [0.25, 0.3) is 0 Å². The van der Waals surface area contributed by atoms with Gasteiger partial charge < -0.3 is 4.74 Å². The minimum Gasteiger partial charge on any atom is -0.461 e. The minimum absolute atomic E-state index is 0.0546. The monoisotopic (exact) mass is 292 g/mol. The molecule has 1 aliphatic heterocycles. The number of rotatable bonds is 3. The number of para-hydroxylation sites is 1. The van der Waals surface area contributed by atoms with Gasteiger partial charge in [0, 0.05) is 23.0 Å². The largest absolute Gasteiger partial charge is 0.461 e. The molecule has 0 saturated carbocycles. The number of carbonyl (C=O) groups is 1. The zero-order chi connectivity index (χ0) is 15.7. The van der Waals surface area contributed by atoms with Crippen LogP contribution in [0.1, 0.15) is 37.8 Å². The third kappa shape index (κ3) is 2.45. The molecular weight excluding hydrogens is 272 g/mol. The van der Waals surface area contributed by atoms with Gasteiger partial charge in [-0.05, 0) is 18.6 Å². The van der Waals surface area contributed by atoms with E-state index in [0.29, 0.717) is 0 Å². The van der Waals surface area contributed by atoms with Crippen LogP contribution in [0.15, 0.2) is 65.9 Å². The summed E-state index contributed by atoms with van der Waals surface area (Å²) in [6, 6.07) is 18.2. The fourth-order valence-corrected chi connectivity index (χ4v) is 3.08. The molecule has 2 heteroatoms. The molecule has 22 heavy (non-hydrogen) atoms. The predicted molar refractivity (Wildman–Crippen MR) is 87.9 cm³/mol. The molecule has 112 valence electrons. The zero-order valence-corrected chi connectivity index (χ0v) is 13.2. The molecule has 2 aromatic carbocycles. The highest BCUT2D eigenvalue weighted by atomic mass is 16.5. The SMILES string of the molecule is CC(=O)C1=C(C(C)C)Oc2ccccc2C1c1ccccc1. The van der Waals surface area contributed by atoms with Gasteiger partial charge in [0.05, 0.1) is 0 Å². The van der Waals surface area contributed by atoms with Crippen LogP contribution in [0.2, 0.25) is 0 Å². The lowest BCUT2D eigenvalue weighted by Gasteiger charge is -2.31. The fourth-order valence-electron chi connectivity index (χ4n) is 3.08. The van der Waals surface area contributed by atoms with Crippen LogP contribution in [0.3, 0.4) is 0 Å². The number of ether oxygens (including phenoxy) is 1. The molecule has 0 N–H and O–H groups in total. The molecule has 0 fully saturated rings. The third-order valence-corrected chi connectivity index (χ3v) is 4.04. The Balaban J connectivity index is 2.27. The van der Waals surface area contributed by atoms with E-state index < -0.39 is 0 Å². The van der Waals surface area contributed by atoms with Crippen molar-refractivity contribution in [2.24, 2.45) is 5.92 Å². The first-order valence-corrected chi connectivity index (χ1v) is 7.66. The first-order valence-electron chi connectivity index (χ1n) is 7.66. The Kier molecular flexibility index (Phi) is 3.84. The highest BCUT2D eigenvalue weighted by Gasteiger charge is 2.34. The normalized spacial score (nSPS) is 17.2. The third-order valence-electron chi connectivity index (χ3n) is 4.04. The van der Waals surface area contributed by atoms with Gasteiger partial charge in [0.1, 0.15) is 11.5 Å². The van der Waals surface area contributed by atoms with Gasteiger partial charge in [-0.2, -0.15) is 0 Å². The molecule has 1 aliphatic rings. The fraction of sp³-hybridized carbons (Fsp3) is 0.250. The second-order valence-corrected chi connectivity index (χ2v) is 5.97. The maximum absolute atomic E-state index is 12.4. The van der Waals surface area contributed by atoms with Crippen molar-refractivity contribution in [3.05, 3.63) is 77.1 Å². The summed E-state index contributed by atoms with van der Waals surface area (Å²) >= 11 is 0. The Labute approximate surface area is 131 Å². The molecule has 2 nitrogen and oxygen atoms in total. The van der Waals surface area contributed by atoms with Gasteiger partial charge in [-0.15, -0.1) is 0 Å². The standard InChI is InChI=1S/C20H20O2/c1-13(2)20-18(14(3)21)19(15-9-5-4-6-10-15)16-11-7-8-12-17(16)22-20/h4-13,19H,1-3H3. The minimum atomic E-state index is -0.0546. The van der Waals surface area contributed by atoms with Crippen molar-refractivity contribution in [3.63, 3.8) is 0 Å².